The fourth-order valence-electron chi connectivity index (χ4n) is 3.66. The first-order chi connectivity index (χ1) is 11.0. The lowest BCUT2D eigenvalue weighted by Crippen LogP contribution is -2.49. The maximum Gasteiger partial charge on any atom is 0.327 e. The number of amides is 4. The van der Waals surface area contributed by atoms with Crippen molar-refractivity contribution in [2.45, 2.75) is 51.0 Å². The van der Waals surface area contributed by atoms with Gasteiger partial charge in [-0.25, -0.2) is 4.79 Å². The number of aliphatic hydroxyl groups is 1. The van der Waals surface area contributed by atoms with E-state index in [2.05, 4.69) is 0 Å². The number of imide groups is 1. The molecule has 0 atom stereocenters. The molecule has 7 heteroatoms. The molecule has 0 unspecified atom stereocenters. The highest BCUT2D eigenvalue weighted by molar-refractivity contribution is 6.08. The monoisotopic (exact) mass is 325 g/mol. The summed E-state index contributed by atoms with van der Waals surface area (Å²) in [6.45, 7) is 2.32. The van der Waals surface area contributed by atoms with Crippen molar-refractivity contribution in [1.29, 1.82) is 0 Å². The van der Waals surface area contributed by atoms with E-state index in [1.807, 2.05) is 6.92 Å². The van der Waals surface area contributed by atoms with E-state index in [9.17, 15) is 14.4 Å². The number of hydrogen-bond donors (Lipinski definition) is 1. The van der Waals surface area contributed by atoms with Crippen LogP contribution in [0.3, 0.4) is 0 Å². The third kappa shape index (κ3) is 3.20. The normalized spacial score (nSPS) is 20.5. The number of carbonyl (C=O) groups excluding carboxylic acids is 3. The SMILES string of the molecule is CCCN(CCO)C(=O)CN1C(=O)N(C)C2(CCCCC2)C1=O. The molecule has 1 saturated carbocycles. The summed E-state index contributed by atoms with van der Waals surface area (Å²) in [4.78, 5) is 41.8. The first-order valence-corrected chi connectivity index (χ1v) is 8.46. The van der Waals surface area contributed by atoms with Gasteiger partial charge in [0.1, 0.15) is 12.1 Å². The van der Waals surface area contributed by atoms with Crippen molar-refractivity contribution in [2.75, 3.05) is 33.3 Å². The Morgan fingerprint density at radius 1 is 1.22 bits per heavy atom. The summed E-state index contributed by atoms with van der Waals surface area (Å²) in [6, 6.07) is -0.384. The molecular weight excluding hydrogens is 298 g/mol. The van der Waals surface area contributed by atoms with Gasteiger partial charge >= 0.3 is 6.03 Å². The van der Waals surface area contributed by atoms with Gasteiger partial charge in [0.2, 0.25) is 5.91 Å². The maximum atomic E-state index is 12.8. The first kappa shape index (κ1) is 17.7. The van der Waals surface area contributed by atoms with Crippen molar-refractivity contribution in [3.8, 4) is 0 Å². The van der Waals surface area contributed by atoms with Gasteiger partial charge in [0, 0.05) is 20.1 Å². The third-order valence-corrected chi connectivity index (χ3v) is 4.99. The van der Waals surface area contributed by atoms with Crippen molar-refractivity contribution < 1.29 is 19.5 Å². The highest BCUT2D eigenvalue weighted by Crippen LogP contribution is 2.39. The van der Waals surface area contributed by atoms with Crippen molar-refractivity contribution in [1.82, 2.24) is 14.7 Å². The summed E-state index contributed by atoms with van der Waals surface area (Å²) in [6.07, 6.45) is 5.05. The minimum atomic E-state index is -0.748. The molecule has 1 saturated heterocycles. The fourth-order valence-corrected chi connectivity index (χ4v) is 3.66. The van der Waals surface area contributed by atoms with E-state index in [0.717, 1.165) is 30.6 Å². The summed E-state index contributed by atoms with van der Waals surface area (Å²) in [5, 5.41) is 9.07. The van der Waals surface area contributed by atoms with Crippen LogP contribution in [0.25, 0.3) is 0 Å². The maximum absolute atomic E-state index is 12.8. The number of nitrogens with zero attached hydrogens (tertiary/aromatic N) is 3. The highest BCUT2D eigenvalue weighted by Gasteiger charge is 2.55. The van der Waals surface area contributed by atoms with E-state index in [1.54, 1.807) is 7.05 Å². The van der Waals surface area contributed by atoms with Crippen LogP contribution in [0.4, 0.5) is 4.79 Å². The Morgan fingerprint density at radius 2 is 1.87 bits per heavy atom. The Hall–Kier alpha value is -1.63. The van der Waals surface area contributed by atoms with Gasteiger partial charge in [0.25, 0.3) is 5.91 Å². The smallest absolute Gasteiger partial charge is 0.327 e. The molecule has 130 valence electrons. The van der Waals surface area contributed by atoms with E-state index >= 15 is 0 Å². The predicted molar refractivity (Wildman–Crippen MR) is 84.6 cm³/mol. The van der Waals surface area contributed by atoms with E-state index in [4.69, 9.17) is 5.11 Å². The Labute approximate surface area is 137 Å². The van der Waals surface area contributed by atoms with Crippen LogP contribution < -0.4 is 0 Å². The zero-order valence-corrected chi connectivity index (χ0v) is 14.1. The first-order valence-electron chi connectivity index (χ1n) is 8.46. The van der Waals surface area contributed by atoms with Crippen LogP contribution >= 0.6 is 0 Å². The van der Waals surface area contributed by atoms with E-state index in [-0.39, 0.29) is 37.5 Å². The summed E-state index contributed by atoms with van der Waals surface area (Å²) >= 11 is 0. The summed E-state index contributed by atoms with van der Waals surface area (Å²) in [5.41, 5.74) is -0.748. The Bertz CT molecular complexity index is 468. The minimum absolute atomic E-state index is 0.128. The van der Waals surface area contributed by atoms with Gasteiger partial charge in [-0.15, -0.1) is 0 Å². The molecule has 1 heterocycles. The lowest BCUT2D eigenvalue weighted by atomic mass is 9.81. The zero-order chi connectivity index (χ0) is 17.0. The van der Waals surface area contributed by atoms with Gasteiger partial charge < -0.3 is 14.9 Å². The van der Waals surface area contributed by atoms with Gasteiger partial charge in [-0.05, 0) is 19.3 Å². The van der Waals surface area contributed by atoms with Crippen LogP contribution in [-0.2, 0) is 9.59 Å². The molecule has 23 heavy (non-hydrogen) atoms. The molecule has 1 spiro atoms. The summed E-state index contributed by atoms with van der Waals surface area (Å²) < 4.78 is 0. The Kier molecular flexibility index (Phi) is 5.62. The van der Waals surface area contributed by atoms with Crippen LogP contribution in [0.5, 0.6) is 0 Å². The van der Waals surface area contributed by atoms with E-state index < -0.39 is 5.54 Å². The van der Waals surface area contributed by atoms with Gasteiger partial charge in [-0.1, -0.05) is 26.2 Å². The van der Waals surface area contributed by atoms with Crippen molar-refractivity contribution in [3.05, 3.63) is 0 Å². The minimum Gasteiger partial charge on any atom is -0.395 e. The summed E-state index contributed by atoms with van der Waals surface area (Å²) in [5.74, 6) is -0.526. The van der Waals surface area contributed by atoms with Gasteiger partial charge in [0.15, 0.2) is 0 Å². The molecule has 0 aromatic carbocycles. The second-order valence-electron chi connectivity index (χ2n) is 6.43. The Balaban J connectivity index is 2.12. The van der Waals surface area contributed by atoms with Crippen LogP contribution in [-0.4, -0.2) is 76.5 Å². The molecular formula is C16H27N3O4. The average Bonchev–Trinajstić information content (AvgIpc) is 2.72. The number of carbonyl (C=O) groups is 3. The van der Waals surface area contributed by atoms with Crippen LogP contribution in [0.1, 0.15) is 45.4 Å². The lowest BCUT2D eigenvalue weighted by molar-refractivity contribution is -0.140. The van der Waals surface area contributed by atoms with Crippen LogP contribution in [0, 0.1) is 0 Å². The van der Waals surface area contributed by atoms with Gasteiger partial charge in [-0.3, -0.25) is 14.5 Å². The molecule has 2 aliphatic rings. The molecule has 1 aliphatic heterocycles. The van der Waals surface area contributed by atoms with E-state index in [1.165, 1.54) is 9.80 Å². The highest BCUT2D eigenvalue weighted by atomic mass is 16.3. The number of likely N-dealkylation sites (N-methyl/N-ethyl adjacent to an activating group) is 1. The molecule has 0 radical (unpaired) electrons. The standard InChI is InChI=1S/C16H27N3O4/c1-3-9-18(10-11-20)13(21)12-19-14(22)16(17(2)15(19)23)7-5-4-6-8-16/h20H,3-12H2,1-2H3. The second-order valence-corrected chi connectivity index (χ2v) is 6.43. The fraction of sp³-hybridized carbons (Fsp3) is 0.812. The van der Waals surface area contributed by atoms with Gasteiger partial charge in [-0.2, -0.15) is 0 Å². The topological polar surface area (TPSA) is 81.2 Å². The van der Waals surface area contributed by atoms with Crippen LogP contribution in [0.15, 0.2) is 0 Å². The van der Waals surface area contributed by atoms with Crippen molar-refractivity contribution >= 4 is 17.8 Å². The average molecular weight is 325 g/mol. The lowest BCUT2D eigenvalue weighted by Gasteiger charge is -2.35. The summed E-state index contributed by atoms with van der Waals surface area (Å²) in [7, 11) is 1.66. The number of aliphatic hydroxyl groups excluding tert-OH is 1. The zero-order valence-electron chi connectivity index (χ0n) is 14.1. The number of hydrogen-bond acceptors (Lipinski definition) is 4. The molecule has 2 rings (SSSR count). The van der Waals surface area contributed by atoms with Gasteiger partial charge in [0.05, 0.1) is 6.61 Å². The molecule has 1 N–H and O–H groups in total. The quantitative estimate of drug-likeness (QED) is 0.733. The van der Waals surface area contributed by atoms with Crippen LogP contribution in [0.2, 0.25) is 0 Å². The second kappa shape index (κ2) is 7.29. The molecule has 7 nitrogen and oxygen atoms in total. The molecule has 0 bridgehead atoms. The molecule has 0 aromatic rings. The van der Waals surface area contributed by atoms with Crippen molar-refractivity contribution in [3.63, 3.8) is 0 Å². The predicted octanol–water partition coefficient (Wildman–Crippen LogP) is 0.814. The number of urea groups is 1. The molecule has 1 aliphatic carbocycles. The van der Waals surface area contributed by atoms with Crippen molar-refractivity contribution in [2.24, 2.45) is 0 Å². The molecule has 4 amide bonds. The third-order valence-electron chi connectivity index (χ3n) is 4.99. The van der Waals surface area contributed by atoms with E-state index in [0.29, 0.717) is 19.4 Å². The molecule has 0 aromatic heterocycles. The Morgan fingerprint density at radius 3 is 2.43 bits per heavy atom. The largest absolute Gasteiger partial charge is 0.395 e. The molecule has 2 fully saturated rings. The number of rotatable bonds is 6.